The van der Waals surface area contributed by atoms with Gasteiger partial charge in [-0.25, -0.2) is 0 Å². The van der Waals surface area contributed by atoms with Crippen LogP contribution >= 0.6 is 0 Å². The smallest absolute Gasteiger partial charge is 0.211 e. The molecule has 17 heavy (non-hydrogen) atoms. The van der Waals surface area contributed by atoms with Gasteiger partial charge in [0.25, 0.3) is 0 Å². The van der Waals surface area contributed by atoms with Crippen molar-refractivity contribution in [1.29, 1.82) is 0 Å². The molecule has 0 saturated carbocycles. The Hall–Kier alpha value is -2.09. The van der Waals surface area contributed by atoms with Crippen LogP contribution in [0, 0.1) is 13.8 Å². The number of carbonyl (C=O) groups is 1. The van der Waals surface area contributed by atoms with Crippen molar-refractivity contribution in [3.63, 3.8) is 0 Å². The number of hydrogen-bond donors (Lipinski definition) is 1. The normalized spacial score (nSPS) is 10.0. The van der Waals surface area contributed by atoms with Crippen LogP contribution in [0.15, 0.2) is 42.5 Å². The van der Waals surface area contributed by atoms with Gasteiger partial charge in [0.1, 0.15) is 0 Å². The zero-order valence-corrected chi connectivity index (χ0v) is 10.0. The first-order valence-corrected chi connectivity index (χ1v) is 5.58. The standard InChI is InChI=1S/C15H15NO/c1-11-3-4-14(9-12(11)2)13-5-7-15(8-6-13)16-10-17/h3-10H,1-2H3,(H,16,17). The van der Waals surface area contributed by atoms with Gasteiger partial charge in [0, 0.05) is 5.69 Å². The summed E-state index contributed by atoms with van der Waals surface area (Å²) in [6, 6.07) is 14.2. The second-order valence-corrected chi connectivity index (χ2v) is 4.14. The number of aryl methyl sites for hydroxylation is 2. The van der Waals surface area contributed by atoms with E-state index >= 15 is 0 Å². The number of rotatable bonds is 3. The maximum absolute atomic E-state index is 10.3. The Labute approximate surface area is 101 Å². The van der Waals surface area contributed by atoms with E-state index in [1.165, 1.54) is 16.7 Å². The van der Waals surface area contributed by atoms with Crippen LogP contribution in [0.5, 0.6) is 0 Å². The summed E-state index contributed by atoms with van der Waals surface area (Å²) in [6.07, 6.45) is 0.686. The average molecular weight is 225 g/mol. The van der Waals surface area contributed by atoms with Crippen LogP contribution in [-0.4, -0.2) is 6.41 Å². The highest BCUT2D eigenvalue weighted by Gasteiger charge is 1.99. The fourth-order valence-corrected chi connectivity index (χ4v) is 1.75. The van der Waals surface area contributed by atoms with Crippen LogP contribution in [0.25, 0.3) is 11.1 Å². The van der Waals surface area contributed by atoms with Gasteiger partial charge in [-0.3, -0.25) is 4.79 Å². The molecule has 0 aromatic heterocycles. The summed E-state index contributed by atoms with van der Waals surface area (Å²) in [5.74, 6) is 0. The van der Waals surface area contributed by atoms with E-state index in [1.54, 1.807) is 0 Å². The number of benzene rings is 2. The van der Waals surface area contributed by atoms with E-state index in [1.807, 2.05) is 24.3 Å². The van der Waals surface area contributed by atoms with Gasteiger partial charge in [-0.2, -0.15) is 0 Å². The van der Waals surface area contributed by atoms with Crippen LogP contribution in [0.3, 0.4) is 0 Å². The number of hydrogen-bond acceptors (Lipinski definition) is 1. The van der Waals surface area contributed by atoms with E-state index in [2.05, 4.69) is 37.4 Å². The van der Waals surface area contributed by atoms with Crippen LogP contribution in [-0.2, 0) is 4.79 Å². The molecule has 1 amide bonds. The molecule has 2 heteroatoms. The van der Waals surface area contributed by atoms with Gasteiger partial charge in [-0.15, -0.1) is 0 Å². The van der Waals surface area contributed by atoms with E-state index in [9.17, 15) is 4.79 Å². The quantitative estimate of drug-likeness (QED) is 0.795. The minimum atomic E-state index is 0.686. The Kier molecular flexibility index (Phi) is 3.24. The molecule has 0 aliphatic heterocycles. The molecule has 0 fully saturated rings. The zero-order chi connectivity index (χ0) is 12.3. The zero-order valence-electron chi connectivity index (χ0n) is 10.0. The highest BCUT2D eigenvalue weighted by molar-refractivity contribution is 5.74. The van der Waals surface area contributed by atoms with Gasteiger partial charge in [-0.1, -0.05) is 30.3 Å². The molecule has 2 aromatic carbocycles. The molecule has 0 spiro atoms. The van der Waals surface area contributed by atoms with Crippen molar-refractivity contribution in [1.82, 2.24) is 0 Å². The Bertz CT molecular complexity index is 529. The van der Waals surface area contributed by atoms with Crippen molar-refractivity contribution in [3.8, 4) is 11.1 Å². The molecular weight excluding hydrogens is 210 g/mol. The molecule has 1 N–H and O–H groups in total. The summed E-state index contributed by atoms with van der Waals surface area (Å²) in [6.45, 7) is 4.22. The van der Waals surface area contributed by atoms with E-state index < -0.39 is 0 Å². The molecule has 0 saturated heterocycles. The first-order valence-electron chi connectivity index (χ1n) is 5.58. The number of nitrogens with one attached hydrogen (secondary N) is 1. The fraction of sp³-hybridized carbons (Fsp3) is 0.133. The Morgan fingerprint density at radius 3 is 2.12 bits per heavy atom. The molecule has 0 radical (unpaired) electrons. The van der Waals surface area contributed by atoms with Crippen molar-refractivity contribution in [2.75, 3.05) is 5.32 Å². The lowest BCUT2D eigenvalue weighted by molar-refractivity contribution is -0.105. The molecular formula is C15H15NO. The fourth-order valence-electron chi connectivity index (χ4n) is 1.75. The minimum absolute atomic E-state index is 0.686. The van der Waals surface area contributed by atoms with Crippen LogP contribution in [0.1, 0.15) is 11.1 Å². The van der Waals surface area contributed by atoms with E-state index in [0.717, 1.165) is 11.3 Å². The third-order valence-electron chi connectivity index (χ3n) is 2.95. The summed E-state index contributed by atoms with van der Waals surface area (Å²) >= 11 is 0. The molecule has 2 nitrogen and oxygen atoms in total. The molecule has 0 heterocycles. The van der Waals surface area contributed by atoms with Gasteiger partial charge < -0.3 is 5.32 Å². The predicted molar refractivity (Wildman–Crippen MR) is 71.0 cm³/mol. The third-order valence-corrected chi connectivity index (χ3v) is 2.95. The van der Waals surface area contributed by atoms with E-state index in [0.29, 0.717) is 6.41 Å². The molecule has 0 aliphatic carbocycles. The maximum Gasteiger partial charge on any atom is 0.211 e. The number of amides is 1. The van der Waals surface area contributed by atoms with Crippen molar-refractivity contribution in [2.24, 2.45) is 0 Å². The van der Waals surface area contributed by atoms with Gasteiger partial charge in [-0.05, 0) is 48.2 Å². The topological polar surface area (TPSA) is 29.1 Å². The van der Waals surface area contributed by atoms with Gasteiger partial charge in [0.2, 0.25) is 6.41 Å². The second kappa shape index (κ2) is 4.83. The summed E-state index contributed by atoms with van der Waals surface area (Å²) < 4.78 is 0. The summed E-state index contributed by atoms with van der Waals surface area (Å²) in [5, 5.41) is 2.63. The monoisotopic (exact) mass is 225 g/mol. The largest absolute Gasteiger partial charge is 0.329 e. The summed E-state index contributed by atoms with van der Waals surface area (Å²) in [5.41, 5.74) is 5.76. The molecule has 0 aliphatic rings. The summed E-state index contributed by atoms with van der Waals surface area (Å²) in [4.78, 5) is 10.3. The highest BCUT2D eigenvalue weighted by Crippen LogP contribution is 2.23. The summed E-state index contributed by atoms with van der Waals surface area (Å²) in [7, 11) is 0. The maximum atomic E-state index is 10.3. The first-order chi connectivity index (χ1) is 8.20. The number of anilines is 1. The lowest BCUT2D eigenvalue weighted by Crippen LogP contribution is -1.92. The minimum Gasteiger partial charge on any atom is -0.329 e. The SMILES string of the molecule is Cc1ccc(-c2ccc(NC=O)cc2)cc1C. The lowest BCUT2D eigenvalue weighted by atomic mass is 10.0. The first kappa shape index (κ1) is 11.4. The van der Waals surface area contributed by atoms with E-state index in [4.69, 9.17) is 0 Å². The Balaban J connectivity index is 2.32. The number of carbonyl (C=O) groups excluding carboxylic acids is 1. The Morgan fingerprint density at radius 2 is 1.53 bits per heavy atom. The van der Waals surface area contributed by atoms with Gasteiger partial charge in [0.15, 0.2) is 0 Å². The van der Waals surface area contributed by atoms with Crippen molar-refractivity contribution >= 4 is 12.1 Å². The average Bonchev–Trinajstić information content (AvgIpc) is 2.34. The molecule has 2 aromatic rings. The lowest BCUT2D eigenvalue weighted by Gasteiger charge is -2.06. The molecule has 0 bridgehead atoms. The molecule has 0 atom stereocenters. The van der Waals surface area contributed by atoms with Crippen LogP contribution < -0.4 is 5.32 Å². The highest BCUT2D eigenvalue weighted by atomic mass is 16.1. The third kappa shape index (κ3) is 2.53. The van der Waals surface area contributed by atoms with Gasteiger partial charge in [0.05, 0.1) is 0 Å². The van der Waals surface area contributed by atoms with E-state index in [-0.39, 0.29) is 0 Å². The molecule has 86 valence electrons. The van der Waals surface area contributed by atoms with Crippen LogP contribution in [0.4, 0.5) is 5.69 Å². The molecule has 0 unspecified atom stereocenters. The second-order valence-electron chi connectivity index (χ2n) is 4.14. The van der Waals surface area contributed by atoms with Crippen LogP contribution in [0.2, 0.25) is 0 Å². The van der Waals surface area contributed by atoms with Crippen molar-refractivity contribution in [3.05, 3.63) is 53.6 Å². The predicted octanol–water partition coefficient (Wildman–Crippen LogP) is 3.54. The van der Waals surface area contributed by atoms with Gasteiger partial charge >= 0.3 is 0 Å². The van der Waals surface area contributed by atoms with Crippen molar-refractivity contribution in [2.45, 2.75) is 13.8 Å². The van der Waals surface area contributed by atoms with Crippen molar-refractivity contribution < 1.29 is 4.79 Å². The molecule has 2 rings (SSSR count). The Morgan fingerprint density at radius 1 is 0.882 bits per heavy atom.